The molecule has 110 valence electrons. The van der Waals surface area contributed by atoms with Crippen LogP contribution in [0.15, 0.2) is 36.7 Å². The van der Waals surface area contributed by atoms with Gasteiger partial charge in [0, 0.05) is 5.56 Å². The van der Waals surface area contributed by atoms with Gasteiger partial charge in [-0.1, -0.05) is 6.07 Å². The number of nitro groups is 1. The molecule has 0 aliphatic carbocycles. The molecule has 1 aromatic heterocycles. The van der Waals surface area contributed by atoms with Gasteiger partial charge in [-0.25, -0.2) is 5.84 Å². The van der Waals surface area contributed by atoms with Gasteiger partial charge < -0.3 is 4.74 Å². The number of benzene rings is 1. The van der Waals surface area contributed by atoms with E-state index in [1.54, 1.807) is 24.3 Å². The smallest absolute Gasteiger partial charge is 0.306 e. The van der Waals surface area contributed by atoms with Crippen LogP contribution < -0.4 is 16.0 Å². The fourth-order valence-corrected chi connectivity index (χ4v) is 1.64. The van der Waals surface area contributed by atoms with Crippen molar-refractivity contribution in [2.24, 2.45) is 5.84 Å². The normalized spacial score (nSPS) is 10.1. The van der Waals surface area contributed by atoms with Crippen LogP contribution in [0.3, 0.4) is 0 Å². The van der Waals surface area contributed by atoms with Crippen LogP contribution in [0.2, 0.25) is 0 Å². The Labute approximate surface area is 119 Å². The minimum Gasteiger partial charge on any atom is -0.492 e. The maximum absolute atomic E-state index is 11.4. The molecule has 0 bridgehead atoms. The van der Waals surface area contributed by atoms with E-state index in [1.807, 2.05) is 5.43 Å². The molecule has 1 aromatic carbocycles. The molecule has 21 heavy (non-hydrogen) atoms. The Morgan fingerprint density at radius 2 is 2.33 bits per heavy atom. The van der Waals surface area contributed by atoms with E-state index in [2.05, 4.69) is 5.10 Å². The molecule has 0 atom stereocenters. The lowest BCUT2D eigenvalue weighted by Gasteiger charge is -2.07. The van der Waals surface area contributed by atoms with Gasteiger partial charge in [-0.05, 0) is 18.2 Å². The molecule has 1 amide bonds. The summed E-state index contributed by atoms with van der Waals surface area (Å²) < 4.78 is 6.87. The number of ether oxygens (including phenoxy) is 1. The Balaban J connectivity index is 1.91. The molecular formula is C12H13N5O4. The van der Waals surface area contributed by atoms with Crippen LogP contribution >= 0.6 is 0 Å². The number of hydrogen-bond donors (Lipinski definition) is 2. The SMILES string of the molecule is NNC(=O)c1cccc(OCCn2cc([N+](=O)[O-])cn2)c1. The summed E-state index contributed by atoms with van der Waals surface area (Å²) in [5.41, 5.74) is 2.34. The third-order valence-electron chi connectivity index (χ3n) is 2.65. The number of hydrazine groups is 1. The maximum Gasteiger partial charge on any atom is 0.306 e. The van der Waals surface area contributed by atoms with E-state index in [4.69, 9.17) is 10.6 Å². The number of carbonyl (C=O) groups is 1. The lowest BCUT2D eigenvalue weighted by atomic mass is 10.2. The van der Waals surface area contributed by atoms with Crippen molar-refractivity contribution in [2.45, 2.75) is 6.54 Å². The lowest BCUT2D eigenvalue weighted by molar-refractivity contribution is -0.385. The van der Waals surface area contributed by atoms with Crippen molar-refractivity contribution in [3.05, 3.63) is 52.3 Å². The van der Waals surface area contributed by atoms with E-state index in [0.717, 1.165) is 0 Å². The first-order valence-corrected chi connectivity index (χ1v) is 6.01. The largest absolute Gasteiger partial charge is 0.492 e. The first kappa shape index (κ1) is 14.5. The van der Waals surface area contributed by atoms with Gasteiger partial charge in [-0.2, -0.15) is 5.10 Å². The fourth-order valence-electron chi connectivity index (χ4n) is 1.64. The summed E-state index contributed by atoms with van der Waals surface area (Å²) in [4.78, 5) is 21.4. The molecule has 0 saturated heterocycles. The molecule has 0 aliphatic rings. The molecule has 1 heterocycles. The predicted molar refractivity (Wildman–Crippen MR) is 72.5 cm³/mol. The average molecular weight is 291 g/mol. The standard InChI is InChI=1S/C12H13N5O4/c13-15-12(18)9-2-1-3-11(6-9)21-5-4-16-8-10(7-14-16)17(19)20/h1-3,6-8H,4-5,13H2,(H,15,18). The number of nitrogens with zero attached hydrogens (tertiary/aromatic N) is 3. The topological polar surface area (TPSA) is 125 Å². The summed E-state index contributed by atoms with van der Waals surface area (Å²) in [5, 5.41) is 14.4. The minimum atomic E-state index is -0.515. The van der Waals surface area contributed by atoms with Gasteiger partial charge >= 0.3 is 5.69 Å². The van der Waals surface area contributed by atoms with Crippen LogP contribution in [0.5, 0.6) is 5.75 Å². The van der Waals surface area contributed by atoms with Crippen molar-refractivity contribution in [2.75, 3.05) is 6.61 Å². The van der Waals surface area contributed by atoms with Crippen LogP contribution in [-0.4, -0.2) is 27.2 Å². The zero-order chi connectivity index (χ0) is 15.2. The summed E-state index contributed by atoms with van der Waals surface area (Å²) in [6, 6.07) is 6.51. The summed E-state index contributed by atoms with van der Waals surface area (Å²) in [7, 11) is 0. The summed E-state index contributed by atoms with van der Waals surface area (Å²) >= 11 is 0. The number of nitrogen functional groups attached to an aromatic ring is 1. The Kier molecular flexibility index (Phi) is 4.46. The molecule has 3 N–H and O–H groups in total. The van der Waals surface area contributed by atoms with Crippen molar-refractivity contribution >= 4 is 11.6 Å². The Morgan fingerprint density at radius 3 is 3.00 bits per heavy atom. The van der Waals surface area contributed by atoms with Gasteiger partial charge in [-0.3, -0.25) is 25.0 Å². The van der Waals surface area contributed by atoms with E-state index in [-0.39, 0.29) is 12.3 Å². The highest BCUT2D eigenvalue weighted by atomic mass is 16.6. The van der Waals surface area contributed by atoms with Crippen LogP contribution in [0.25, 0.3) is 0 Å². The number of carbonyl (C=O) groups excluding carboxylic acids is 1. The lowest BCUT2D eigenvalue weighted by Crippen LogP contribution is -2.29. The van der Waals surface area contributed by atoms with Gasteiger partial charge in [0.2, 0.25) is 0 Å². The molecule has 0 spiro atoms. The molecule has 0 aliphatic heterocycles. The van der Waals surface area contributed by atoms with E-state index >= 15 is 0 Å². The first-order chi connectivity index (χ1) is 10.1. The second-order valence-corrected chi connectivity index (χ2v) is 4.07. The Hall–Kier alpha value is -2.94. The summed E-state index contributed by atoms with van der Waals surface area (Å²) in [6.45, 7) is 0.605. The molecule has 9 nitrogen and oxygen atoms in total. The number of nitrogens with one attached hydrogen (secondary N) is 1. The molecule has 0 fully saturated rings. The van der Waals surface area contributed by atoms with Gasteiger partial charge in [0.05, 0.1) is 11.5 Å². The molecule has 0 saturated carbocycles. The maximum atomic E-state index is 11.4. The van der Waals surface area contributed by atoms with E-state index < -0.39 is 10.8 Å². The minimum absolute atomic E-state index is 0.0726. The third kappa shape index (κ3) is 3.76. The van der Waals surface area contributed by atoms with Crippen molar-refractivity contribution in [1.82, 2.24) is 15.2 Å². The second kappa shape index (κ2) is 6.48. The molecule has 0 unspecified atom stereocenters. The van der Waals surface area contributed by atoms with Crippen molar-refractivity contribution in [3.8, 4) is 5.75 Å². The molecule has 0 radical (unpaired) electrons. The Morgan fingerprint density at radius 1 is 1.52 bits per heavy atom. The van der Waals surface area contributed by atoms with E-state index in [0.29, 0.717) is 17.9 Å². The number of aromatic nitrogens is 2. The highest BCUT2D eigenvalue weighted by Gasteiger charge is 2.08. The zero-order valence-corrected chi connectivity index (χ0v) is 10.9. The first-order valence-electron chi connectivity index (χ1n) is 6.01. The zero-order valence-electron chi connectivity index (χ0n) is 10.9. The second-order valence-electron chi connectivity index (χ2n) is 4.07. The van der Waals surface area contributed by atoms with Crippen molar-refractivity contribution < 1.29 is 14.5 Å². The number of amides is 1. The number of nitrogens with two attached hydrogens (primary N) is 1. The van der Waals surface area contributed by atoms with E-state index in [1.165, 1.54) is 17.1 Å². The monoisotopic (exact) mass is 291 g/mol. The fraction of sp³-hybridized carbons (Fsp3) is 0.167. The quantitative estimate of drug-likeness (QED) is 0.345. The summed E-state index contributed by atoms with van der Waals surface area (Å²) in [6.07, 6.45) is 2.49. The van der Waals surface area contributed by atoms with Crippen LogP contribution in [-0.2, 0) is 6.54 Å². The number of rotatable bonds is 6. The van der Waals surface area contributed by atoms with Gasteiger partial charge in [0.1, 0.15) is 24.8 Å². The highest BCUT2D eigenvalue weighted by molar-refractivity contribution is 5.94. The van der Waals surface area contributed by atoms with Gasteiger partial charge in [0.15, 0.2) is 0 Å². The highest BCUT2D eigenvalue weighted by Crippen LogP contribution is 2.13. The van der Waals surface area contributed by atoms with Crippen molar-refractivity contribution in [1.29, 1.82) is 0 Å². The molecule has 9 heteroatoms. The average Bonchev–Trinajstić information content (AvgIpc) is 2.96. The van der Waals surface area contributed by atoms with Crippen molar-refractivity contribution in [3.63, 3.8) is 0 Å². The Bertz CT molecular complexity index is 655. The predicted octanol–water partition coefficient (Wildman–Crippen LogP) is 0.474. The molecule has 2 aromatic rings. The van der Waals surface area contributed by atoms with Crippen LogP contribution in [0, 0.1) is 10.1 Å². The number of hydrogen-bond acceptors (Lipinski definition) is 6. The summed E-state index contributed by atoms with van der Waals surface area (Å²) in [5.74, 6) is 5.13. The van der Waals surface area contributed by atoms with E-state index in [9.17, 15) is 14.9 Å². The van der Waals surface area contributed by atoms with Crippen LogP contribution in [0.4, 0.5) is 5.69 Å². The van der Waals surface area contributed by atoms with Crippen LogP contribution in [0.1, 0.15) is 10.4 Å². The van der Waals surface area contributed by atoms with Gasteiger partial charge in [0.25, 0.3) is 5.91 Å². The third-order valence-corrected chi connectivity index (χ3v) is 2.65. The van der Waals surface area contributed by atoms with Gasteiger partial charge in [-0.15, -0.1) is 0 Å². The molecular weight excluding hydrogens is 278 g/mol. The molecule has 2 rings (SSSR count).